The molecule has 0 bridgehead atoms. The quantitative estimate of drug-likeness (QED) is 0.866. The number of benzene rings is 2. The normalized spacial score (nSPS) is 25.7. The molecule has 0 heterocycles. The molecule has 2 N–H and O–H groups in total. The molecule has 25 heavy (non-hydrogen) atoms. The lowest BCUT2D eigenvalue weighted by Gasteiger charge is -2.46. The van der Waals surface area contributed by atoms with Crippen LogP contribution >= 0.6 is 0 Å². The molecule has 1 aliphatic carbocycles. The van der Waals surface area contributed by atoms with E-state index in [0.717, 1.165) is 11.1 Å². The third kappa shape index (κ3) is 2.49. The standard InChI is InChI=1S/C22H26O3/c1-20(2)18(14-15-21(20,3)19(23)24)22(25,16-10-6-4-7-11-16)17-12-8-5-9-13-17/h4-13,18,25H,14-15H2,1-3H3,(H,23,24). The molecule has 0 aliphatic heterocycles. The Kier molecular flexibility index (Phi) is 4.24. The molecule has 1 fully saturated rings. The molecule has 2 unspecified atom stereocenters. The fourth-order valence-electron chi connectivity index (χ4n) is 4.57. The summed E-state index contributed by atoms with van der Waals surface area (Å²) in [6, 6.07) is 19.2. The molecule has 0 saturated heterocycles. The number of hydrogen-bond donors (Lipinski definition) is 2. The van der Waals surface area contributed by atoms with Crippen LogP contribution in [-0.2, 0) is 10.4 Å². The minimum absolute atomic E-state index is 0.203. The first-order valence-electron chi connectivity index (χ1n) is 8.81. The van der Waals surface area contributed by atoms with Crippen LogP contribution in [0.25, 0.3) is 0 Å². The number of rotatable bonds is 4. The van der Waals surface area contributed by atoms with Crippen molar-refractivity contribution in [2.24, 2.45) is 16.7 Å². The van der Waals surface area contributed by atoms with Gasteiger partial charge in [0.1, 0.15) is 5.60 Å². The molecule has 3 rings (SSSR count). The smallest absolute Gasteiger partial charge is 0.309 e. The number of carboxylic acid groups (broad SMARTS) is 1. The summed E-state index contributed by atoms with van der Waals surface area (Å²) in [5, 5.41) is 21.9. The predicted octanol–water partition coefficient (Wildman–Crippen LogP) is 4.45. The van der Waals surface area contributed by atoms with Crippen molar-refractivity contribution in [2.75, 3.05) is 0 Å². The van der Waals surface area contributed by atoms with E-state index in [1.807, 2.05) is 81.4 Å². The van der Waals surface area contributed by atoms with Gasteiger partial charge in [0.15, 0.2) is 0 Å². The lowest BCUT2D eigenvalue weighted by molar-refractivity contribution is -0.157. The molecule has 2 aromatic rings. The molecule has 2 aromatic carbocycles. The van der Waals surface area contributed by atoms with Crippen LogP contribution in [0.1, 0.15) is 44.7 Å². The van der Waals surface area contributed by atoms with E-state index in [-0.39, 0.29) is 5.92 Å². The van der Waals surface area contributed by atoms with Crippen LogP contribution in [0.2, 0.25) is 0 Å². The Morgan fingerprint density at radius 3 is 1.76 bits per heavy atom. The highest BCUT2D eigenvalue weighted by Gasteiger charge is 2.62. The highest BCUT2D eigenvalue weighted by Crippen LogP contribution is 2.62. The largest absolute Gasteiger partial charge is 0.481 e. The third-order valence-electron chi connectivity index (χ3n) is 6.63. The van der Waals surface area contributed by atoms with Gasteiger partial charge in [-0.3, -0.25) is 4.79 Å². The van der Waals surface area contributed by atoms with E-state index < -0.39 is 22.4 Å². The topological polar surface area (TPSA) is 57.5 Å². The molecule has 0 amide bonds. The van der Waals surface area contributed by atoms with Gasteiger partial charge in [0, 0.05) is 5.92 Å². The van der Waals surface area contributed by atoms with Crippen molar-refractivity contribution in [3.8, 4) is 0 Å². The Balaban J connectivity index is 2.19. The number of aliphatic carboxylic acids is 1. The third-order valence-corrected chi connectivity index (χ3v) is 6.63. The molecular formula is C22H26O3. The fourth-order valence-corrected chi connectivity index (χ4v) is 4.57. The van der Waals surface area contributed by atoms with Crippen LogP contribution in [0.15, 0.2) is 60.7 Å². The zero-order valence-corrected chi connectivity index (χ0v) is 15.1. The molecule has 2 atom stereocenters. The van der Waals surface area contributed by atoms with E-state index in [9.17, 15) is 15.0 Å². The van der Waals surface area contributed by atoms with E-state index in [1.165, 1.54) is 0 Å². The highest BCUT2D eigenvalue weighted by atomic mass is 16.4. The molecule has 0 radical (unpaired) electrons. The Labute approximate surface area is 149 Å². The van der Waals surface area contributed by atoms with Crippen LogP contribution in [0.3, 0.4) is 0 Å². The van der Waals surface area contributed by atoms with Gasteiger partial charge in [-0.2, -0.15) is 0 Å². The van der Waals surface area contributed by atoms with Crippen LogP contribution in [0, 0.1) is 16.7 Å². The summed E-state index contributed by atoms with van der Waals surface area (Å²) in [4.78, 5) is 12.0. The van der Waals surface area contributed by atoms with Crippen LogP contribution in [-0.4, -0.2) is 16.2 Å². The fraction of sp³-hybridized carbons (Fsp3) is 0.409. The number of hydrogen-bond acceptors (Lipinski definition) is 2. The Hall–Kier alpha value is -2.13. The summed E-state index contributed by atoms with van der Waals surface area (Å²) in [7, 11) is 0. The summed E-state index contributed by atoms with van der Waals surface area (Å²) in [5.74, 6) is -0.991. The molecular weight excluding hydrogens is 312 g/mol. The second-order valence-corrected chi connectivity index (χ2v) is 7.95. The molecule has 0 aromatic heterocycles. The van der Waals surface area contributed by atoms with Gasteiger partial charge in [0.2, 0.25) is 0 Å². The second-order valence-electron chi connectivity index (χ2n) is 7.95. The van der Waals surface area contributed by atoms with Crippen molar-refractivity contribution in [1.82, 2.24) is 0 Å². The van der Waals surface area contributed by atoms with Crippen molar-refractivity contribution in [3.63, 3.8) is 0 Å². The Bertz CT molecular complexity index is 712. The summed E-state index contributed by atoms with van der Waals surface area (Å²) >= 11 is 0. The number of aliphatic hydroxyl groups is 1. The maximum Gasteiger partial charge on any atom is 0.309 e. The SMILES string of the molecule is CC1(C(=O)O)CCC(C(O)(c2ccccc2)c2ccccc2)C1(C)C. The van der Waals surface area contributed by atoms with Crippen LogP contribution in [0.4, 0.5) is 0 Å². The maximum atomic E-state index is 12.0. The Morgan fingerprint density at radius 2 is 1.40 bits per heavy atom. The van der Waals surface area contributed by atoms with E-state index in [1.54, 1.807) is 0 Å². The average Bonchev–Trinajstić information content (AvgIpc) is 2.87. The van der Waals surface area contributed by atoms with Gasteiger partial charge in [-0.1, -0.05) is 74.5 Å². The first kappa shape index (κ1) is 17.7. The van der Waals surface area contributed by atoms with Crippen molar-refractivity contribution in [3.05, 3.63) is 71.8 Å². The van der Waals surface area contributed by atoms with Crippen molar-refractivity contribution in [2.45, 2.75) is 39.2 Å². The first-order chi connectivity index (χ1) is 11.7. The van der Waals surface area contributed by atoms with Crippen LogP contribution in [0.5, 0.6) is 0 Å². The second kappa shape index (κ2) is 5.99. The Morgan fingerprint density at radius 1 is 0.960 bits per heavy atom. The highest BCUT2D eigenvalue weighted by molar-refractivity contribution is 5.76. The van der Waals surface area contributed by atoms with Gasteiger partial charge in [-0.15, -0.1) is 0 Å². The summed E-state index contributed by atoms with van der Waals surface area (Å²) in [6.07, 6.45) is 1.22. The molecule has 3 heteroatoms. The van der Waals surface area contributed by atoms with Crippen molar-refractivity contribution in [1.29, 1.82) is 0 Å². The van der Waals surface area contributed by atoms with Gasteiger partial charge < -0.3 is 10.2 Å². The molecule has 0 spiro atoms. The van der Waals surface area contributed by atoms with E-state index >= 15 is 0 Å². The van der Waals surface area contributed by atoms with Gasteiger partial charge >= 0.3 is 5.97 Å². The van der Waals surface area contributed by atoms with Gasteiger partial charge in [-0.05, 0) is 36.3 Å². The molecule has 1 saturated carbocycles. The monoisotopic (exact) mass is 338 g/mol. The van der Waals surface area contributed by atoms with E-state index in [0.29, 0.717) is 12.8 Å². The lowest BCUT2D eigenvalue weighted by atomic mass is 9.59. The van der Waals surface area contributed by atoms with Gasteiger partial charge in [0.25, 0.3) is 0 Å². The van der Waals surface area contributed by atoms with E-state index in [4.69, 9.17) is 0 Å². The maximum absolute atomic E-state index is 12.0. The predicted molar refractivity (Wildman–Crippen MR) is 98.1 cm³/mol. The zero-order valence-electron chi connectivity index (χ0n) is 15.1. The van der Waals surface area contributed by atoms with Gasteiger partial charge in [-0.25, -0.2) is 0 Å². The molecule has 132 valence electrons. The molecule has 3 nitrogen and oxygen atoms in total. The minimum Gasteiger partial charge on any atom is -0.481 e. The van der Waals surface area contributed by atoms with Crippen LogP contribution < -0.4 is 0 Å². The summed E-state index contributed by atoms with van der Waals surface area (Å²) < 4.78 is 0. The van der Waals surface area contributed by atoms with E-state index in [2.05, 4.69) is 0 Å². The number of carboxylic acids is 1. The summed E-state index contributed by atoms with van der Waals surface area (Å²) in [6.45, 7) is 5.77. The minimum atomic E-state index is -1.22. The van der Waals surface area contributed by atoms with Crippen molar-refractivity contribution < 1.29 is 15.0 Å². The van der Waals surface area contributed by atoms with Gasteiger partial charge in [0.05, 0.1) is 5.41 Å². The summed E-state index contributed by atoms with van der Waals surface area (Å²) in [5.41, 5.74) is -1.03. The first-order valence-corrected chi connectivity index (χ1v) is 8.81. The lowest BCUT2D eigenvalue weighted by Crippen LogP contribution is -2.48. The zero-order chi connectivity index (χ0) is 18.3. The number of carbonyl (C=O) groups is 1. The van der Waals surface area contributed by atoms with Crippen molar-refractivity contribution >= 4 is 5.97 Å². The average molecular weight is 338 g/mol. The molecule has 1 aliphatic rings.